The molecule has 0 fully saturated rings. The largest absolute Gasteiger partial charge is 0.481 e. The van der Waals surface area contributed by atoms with Crippen molar-refractivity contribution in [2.75, 3.05) is 7.11 Å². The van der Waals surface area contributed by atoms with E-state index in [0.717, 1.165) is 11.1 Å². The molecule has 0 aliphatic heterocycles. The van der Waals surface area contributed by atoms with E-state index in [4.69, 9.17) is 4.74 Å². The highest BCUT2D eigenvalue weighted by Crippen LogP contribution is 2.15. The molecule has 0 saturated carbocycles. The molecule has 2 aromatic rings. The van der Waals surface area contributed by atoms with Crippen LogP contribution < -0.4 is 14.8 Å². The molecule has 0 atom stereocenters. The van der Waals surface area contributed by atoms with Gasteiger partial charge in [0.15, 0.2) is 0 Å². The number of halogens is 2. The zero-order chi connectivity index (χ0) is 15.1. The fourth-order valence-corrected chi connectivity index (χ4v) is 1.78. The molecule has 1 aromatic carbocycles. The standard InChI is InChI=1S/C15H16F2N2O2/c1-20-14-7-4-12(10-19-14)9-18-8-11-2-5-13(6-3-11)21-15(16)17/h2-7,10,15,18H,8-9H2,1H3. The van der Waals surface area contributed by atoms with Crippen molar-refractivity contribution in [2.24, 2.45) is 0 Å². The van der Waals surface area contributed by atoms with Crippen molar-refractivity contribution in [2.45, 2.75) is 19.7 Å². The zero-order valence-electron chi connectivity index (χ0n) is 11.6. The van der Waals surface area contributed by atoms with Crippen molar-refractivity contribution in [3.8, 4) is 11.6 Å². The molecule has 1 heterocycles. The van der Waals surface area contributed by atoms with Crippen LogP contribution in [0, 0.1) is 0 Å². The Kier molecular flexibility index (Phi) is 5.45. The van der Waals surface area contributed by atoms with Crippen LogP contribution in [0.5, 0.6) is 11.6 Å². The van der Waals surface area contributed by atoms with Crippen molar-refractivity contribution in [1.29, 1.82) is 0 Å². The number of nitrogens with one attached hydrogen (secondary N) is 1. The fraction of sp³-hybridized carbons (Fsp3) is 0.267. The van der Waals surface area contributed by atoms with Gasteiger partial charge in [0.05, 0.1) is 7.11 Å². The number of methoxy groups -OCH3 is 1. The molecule has 1 N–H and O–H groups in total. The van der Waals surface area contributed by atoms with Gasteiger partial charge in [0.2, 0.25) is 5.88 Å². The molecule has 0 amide bonds. The summed E-state index contributed by atoms with van der Waals surface area (Å²) >= 11 is 0. The molecule has 6 heteroatoms. The summed E-state index contributed by atoms with van der Waals surface area (Å²) in [6.07, 6.45) is 1.74. The van der Waals surface area contributed by atoms with E-state index < -0.39 is 6.61 Å². The molecule has 4 nitrogen and oxygen atoms in total. The predicted molar refractivity (Wildman–Crippen MR) is 74.4 cm³/mol. The lowest BCUT2D eigenvalue weighted by Crippen LogP contribution is -2.12. The van der Waals surface area contributed by atoms with Crippen LogP contribution in [0.3, 0.4) is 0 Å². The lowest BCUT2D eigenvalue weighted by Gasteiger charge is -2.07. The van der Waals surface area contributed by atoms with Crippen LogP contribution in [-0.4, -0.2) is 18.7 Å². The van der Waals surface area contributed by atoms with E-state index in [1.165, 1.54) is 12.1 Å². The lowest BCUT2D eigenvalue weighted by atomic mass is 10.2. The topological polar surface area (TPSA) is 43.4 Å². The maximum Gasteiger partial charge on any atom is 0.387 e. The van der Waals surface area contributed by atoms with Crippen LogP contribution in [-0.2, 0) is 13.1 Å². The second-order valence-corrected chi connectivity index (χ2v) is 4.33. The van der Waals surface area contributed by atoms with Crippen LogP contribution in [0.15, 0.2) is 42.6 Å². The van der Waals surface area contributed by atoms with Crippen LogP contribution in [0.4, 0.5) is 8.78 Å². The Hall–Kier alpha value is -2.21. The summed E-state index contributed by atoms with van der Waals surface area (Å²) in [6, 6.07) is 10.3. The smallest absolute Gasteiger partial charge is 0.387 e. The summed E-state index contributed by atoms with van der Waals surface area (Å²) in [7, 11) is 1.57. The first-order valence-corrected chi connectivity index (χ1v) is 6.41. The van der Waals surface area contributed by atoms with Crippen molar-refractivity contribution in [1.82, 2.24) is 10.3 Å². The van der Waals surface area contributed by atoms with Gasteiger partial charge in [0.1, 0.15) is 5.75 Å². The van der Waals surface area contributed by atoms with Crippen molar-refractivity contribution in [3.05, 3.63) is 53.7 Å². The molecule has 0 spiro atoms. The molecular weight excluding hydrogens is 278 g/mol. The number of pyridine rings is 1. The van der Waals surface area contributed by atoms with Gasteiger partial charge in [-0.25, -0.2) is 4.98 Å². The zero-order valence-corrected chi connectivity index (χ0v) is 11.6. The predicted octanol–water partition coefficient (Wildman–Crippen LogP) is 2.98. The van der Waals surface area contributed by atoms with Crippen LogP contribution in [0.2, 0.25) is 0 Å². The van der Waals surface area contributed by atoms with Gasteiger partial charge in [-0.3, -0.25) is 0 Å². The SMILES string of the molecule is COc1ccc(CNCc2ccc(OC(F)F)cc2)cn1. The van der Waals surface area contributed by atoms with Gasteiger partial charge in [-0.2, -0.15) is 8.78 Å². The van der Waals surface area contributed by atoms with Crippen LogP contribution in [0.25, 0.3) is 0 Å². The molecule has 0 bridgehead atoms. The molecule has 0 aliphatic carbocycles. The second-order valence-electron chi connectivity index (χ2n) is 4.33. The van der Waals surface area contributed by atoms with Crippen molar-refractivity contribution < 1.29 is 18.3 Å². The molecule has 21 heavy (non-hydrogen) atoms. The van der Waals surface area contributed by atoms with Gasteiger partial charge < -0.3 is 14.8 Å². The van der Waals surface area contributed by atoms with Crippen molar-refractivity contribution >= 4 is 0 Å². The van der Waals surface area contributed by atoms with Crippen LogP contribution in [0.1, 0.15) is 11.1 Å². The number of hydrogen-bond acceptors (Lipinski definition) is 4. The summed E-state index contributed by atoms with van der Waals surface area (Å²) in [5.41, 5.74) is 2.02. The monoisotopic (exact) mass is 294 g/mol. The number of nitrogens with zero attached hydrogens (tertiary/aromatic N) is 1. The van der Waals surface area contributed by atoms with E-state index in [-0.39, 0.29) is 5.75 Å². The van der Waals surface area contributed by atoms with Crippen molar-refractivity contribution in [3.63, 3.8) is 0 Å². The third-order valence-electron chi connectivity index (χ3n) is 2.81. The van der Waals surface area contributed by atoms with E-state index in [9.17, 15) is 8.78 Å². The molecule has 1 aromatic heterocycles. The Balaban J connectivity index is 1.79. The van der Waals surface area contributed by atoms with Gasteiger partial charge in [-0.1, -0.05) is 18.2 Å². The number of ether oxygens (including phenoxy) is 2. The molecule has 2 rings (SSSR count). The lowest BCUT2D eigenvalue weighted by molar-refractivity contribution is -0.0498. The van der Waals surface area contributed by atoms with Crippen LogP contribution >= 0.6 is 0 Å². The first-order valence-electron chi connectivity index (χ1n) is 6.41. The first-order chi connectivity index (χ1) is 10.2. The Morgan fingerprint density at radius 3 is 2.29 bits per heavy atom. The quantitative estimate of drug-likeness (QED) is 0.852. The molecule has 0 saturated heterocycles. The molecule has 0 aliphatic rings. The van der Waals surface area contributed by atoms with Gasteiger partial charge in [0, 0.05) is 25.4 Å². The highest BCUT2D eigenvalue weighted by Gasteiger charge is 2.03. The first kappa shape index (κ1) is 15.2. The highest BCUT2D eigenvalue weighted by molar-refractivity contribution is 5.27. The summed E-state index contributed by atoms with van der Waals surface area (Å²) in [5, 5.41) is 3.25. The van der Waals surface area contributed by atoms with Gasteiger partial charge >= 0.3 is 6.61 Å². The third-order valence-corrected chi connectivity index (χ3v) is 2.81. The molecule has 112 valence electrons. The van der Waals surface area contributed by atoms with E-state index in [1.807, 2.05) is 6.07 Å². The van der Waals surface area contributed by atoms with E-state index in [0.29, 0.717) is 19.0 Å². The minimum absolute atomic E-state index is 0.160. The minimum atomic E-state index is -2.79. The number of hydrogen-bond donors (Lipinski definition) is 1. The number of alkyl halides is 2. The maximum absolute atomic E-state index is 12.0. The normalized spacial score (nSPS) is 10.7. The summed E-state index contributed by atoms with van der Waals surface area (Å²) in [5.74, 6) is 0.737. The summed E-state index contributed by atoms with van der Waals surface area (Å²) in [6.45, 7) is -1.51. The highest BCUT2D eigenvalue weighted by atomic mass is 19.3. The second kappa shape index (κ2) is 7.54. The average molecular weight is 294 g/mol. The number of rotatable bonds is 7. The van der Waals surface area contributed by atoms with E-state index in [2.05, 4.69) is 15.0 Å². The summed E-state index contributed by atoms with van der Waals surface area (Å²) < 4.78 is 33.3. The minimum Gasteiger partial charge on any atom is -0.481 e. The van der Waals surface area contributed by atoms with Gasteiger partial charge in [0.25, 0.3) is 0 Å². The third kappa shape index (κ3) is 5.00. The number of aromatic nitrogens is 1. The van der Waals surface area contributed by atoms with Gasteiger partial charge in [-0.15, -0.1) is 0 Å². The Labute approximate surface area is 121 Å². The van der Waals surface area contributed by atoms with Gasteiger partial charge in [-0.05, 0) is 23.3 Å². The Bertz CT molecular complexity index is 545. The Morgan fingerprint density at radius 1 is 1.05 bits per heavy atom. The molecule has 0 unspecified atom stereocenters. The van der Waals surface area contributed by atoms with E-state index in [1.54, 1.807) is 31.5 Å². The summed E-state index contributed by atoms with van der Waals surface area (Å²) in [4.78, 5) is 4.11. The molecular formula is C15H16F2N2O2. The molecule has 0 radical (unpaired) electrons. The Morgan fingerprint density at radius 2 is 1.71 bits per heavy atom. The fourth-order valence-electron chi connectivity index (χ4n) is 1.78. The number of benzene rings is 1. The average Bonchev–Trinajstić information content (AvgIpc) is 2.49. The maximum atomic E-state index is 12.0. The van der Waals surface area contributed by atoms with E-state index >= 15 is 0 Å².